The lowest BCUT2D eigenvalue weighted by Crippen LogP contribution is -2.22. The number of carbonyl (C=O) groups is 2. The van der Waals surface area contributed by atoms with Gasteiger partial charge in [-0.25, -0.2) is 0 Å². The zero-order valence-corrected chi connectivity index (χ0v) is 17.8. The SMILES string of the molecule is COc1cc(C(=O)C[C](C=Cc2ccccc2)C[C@H](C)C(N)=O)cc(OC)c1OC. The molecule has 0 aliphatic carbocycles. The molecular weight excluding hydrogens is 382 g/mol. The van der Waals surface area contributed by atoms with Crippen molar-refractivity contribution in [3.8, 4) is 17.2 Å². The van der Waals surface area contributed by atoms with Gasteiger partial charge in [0.1, 0.15) is 0 Å². The molecule has 2 rings (SSSR count). The molecule has 0 aliphatic heterocycles. The van der Waals surface area contributed by atoms with Crippen molar-refractivity contribution in [3.05, 3.63) is 65.6 Å². The molecule has 0 aromatic heterocycles. The molecule has 2 aromatic rings. The third-order valence-electron chi connectivity index (χ3n) is 4.74. The number of hydrogen-bond donors (Lipinski definition) is 1. The van der Waals surface area contributed by atoms with E-state index < -0.39 is 5.91 Å². The molecule has 6 heteroatoms. The minimum absolute atomic E-state index is 0.126. The van der Waals surface area contributed by atoms with Gasteiger partial charge >= 0.3 is 0 Å². The van der Waals surface area contributed by atoms with Gasteiger partial charge in [0.05, 0.1) is 21.3 Å². The Labute approximate surface area is 177 Å². The van der Waals surface area contributed by atoms with E-state index in [0.29, 0.717) is 29.2 Å². The normalized spacial score (nSPS) is 12.0. The summed E-state index contributed by atoms with van der Waals surface area (Å²) in [4.78, 5) is 24.6. The minimum atomic E-state index is -0.402. The lowest BCUT2D eigenvalue weighted by Gasteiger charge is -2.17. The molecule has 0 saturated carbocycles. The van der Waals surface area contributed by atoms with Crippen LogP contribution >= 0.6 is 0 Å². The van der Waals surface area contributed by atoms with E-state index in [1.54, 1.807) is 19.1 Å². The molecule has 159 valence electrons. The number of nitrogens with two attached hydrogens (primary N) is 1. The first kappa shape index (κ1) is 23.0. The van der Waals surface area contributed by atoms with Crippen LogP contribution in [0, 0.1) is 11.8 Å². The average molecular weight is 410 g/mol. The van der Waals surface area contributed by atoms with Gasteiger partial charge in [-0.2, -0.15) is 0 Å². The van der Waals surface area contributed by atoms with Crippen LogP contribution in [0.1, 0.15) is 35.7 Å². The summed E-state index contributed by atoms with van der Waals surface area (Å²) in [5.74, 6) is 1.14. The second-order valence-electron chi connectivity index (χ2n) is 6.92. The van der Waals surface area contributed by atoms with Crippen molar-refractivity contribution in [2.45, 2.75) is 19.8 Å². The summed E-state index contributed by atoms with van der Waals surface area (Å²) in [5.41, 5.74) is 6.87. The largest absolute Gasteiger partial charge is 0.493 e. The number of hydrogen-bond acceptors (Lipinski definition) is 5. The fourth-order valence-corrected chi connectivity index (χ4v) is 3.02. The Kier molecular flexibility index (Phi) is 8.47. The predicted molar refractivity (Wildman–Crippen MR) is 117 cm³/mol. The van der Waals surface area contributed by atoms with E-state index in [1.165, 1.54) is 21.3 Å². The van der Waals surface area contributed by atoms with E-state index in [-0.39, 0.29) is 18.1 Å². The third-order valence-corrected chi connectivity index (χ3v) is 4.74. The molecule has 0 fully saturated rings. The number of benzene rings is 2. The van der Waals surface area contributed by atoms with Crippen LogP contribution in [0.3, 0.4) is 0 Å². The summed E-state index contributed by atoms with van der Waals surface area (Å²) in [6.07, 6.45) is 4.34. The topological polar surface area (TPSA) is 87.9 Å². The molecule has 0 heterocycles. The second kappa shape index (κ2) is 11.0. The monoisotopic (exact) mass is 410 g/mol. The maximum atomic E-state index is 13.0. The number of amides is 1. The third kappa shape index (κ3) is 6.11. The first-order valence-electron chi connectivity index (χ1n) is 9.60. The van der Waals surface area contributed by atoms with Gasteiger partial charge in [0.2, 0.25) is 11.7 Å². The van der Waals surface area contributed by atoms with E-state index in [4.69, 9.17) is 19.9 Å². The smallest absolute Gasteiger partial charge is 0.220 e. The van der Waals surface area contributed by atoms with Gasteiger partial charge in [-0.05, 0) is 24.1 Å². The molecule has 2 N–H and O–H groups in total. The Hall–Kier alpha value is -3.28. The Morgan fingerprint density at radius 2 is 1.60 bits per heavy atom. The summed E-state index contributed by atoms with van der Waals surface area (Å²) in [6.45, 7) is 1.75. The van der Waals surface area contributed by atoms with Crippen molar-refractivity contribution >= 4 is 17.8 Å². The van der Waals surface area contributed by atoms with Crippen molar-refractivity contribution in [1.29, 1.82) is 0 Å². The quantitative estimate of drug-likeness (QED) is 0.564. The van der Waals surface area contributed by atoms with Crippen LogP contribution < -0.4 is 19.9 Å². The zero-order chi connectivity index (χ0) is 22.1. The minimum Gasteiger partial charge on any atom is -0.493 e. The van der Waals surface area contributed by atoms with Gasteiger partial charge in [0.15, 0.2) is 17.3 Å². The summed E-state index contributed by atoms with van der Waals surface area (Å²) in [5, 5.41) is 0. The molecular formula is C24H28NO5. The van der Waals surface area contributed by atoms with Crippen LogP contribution in [0.5, 0.6) is 17.2 Å². The second-order valence-corrected chi connectivity index (χ2v) is 6.92. The van der Waals surface area contributed by atoms with Crippen molar-refractivity contribution in [3.63, 3.8) is 0 Å². The molecule has 2 aromatic carbocycles. The fraction of sp³-hybridized carbons (Fsp3) is 0.292. The van der Waals surface area contributed by atoms with Crippen LogP contribution in [0.2, 0.25) is 0 Å². The van der Waals surface area contributed by atoms with Gasteiger partial charge < -0.3 is 19.9 Å². The van der Waals surface area contributed by atoms with E-state index in [2.05, 4.69) is 0 Å². The van der Waals surface area contributed by atoms with Crippen molar-refractivity contribution in [1.82, 2.24) is 0 Å². The number of allylic oxidation sites excluding steroid dienone is 1. The highest BCUT2D eigenvalue weighted by Crippen LogP contribution is 2.39. The zero-order valence-electron chi connectivity index (χ0n) is 17.8. The Balaban J connectivity index is 2.28. The molecule has 1 radical (unpaired) electrons. The molecule has 0 bridgehead atoms. The van der Waals surface area contributed by atoms with Gasteiger partial charge in [-0.15, -0.1) is 0 Å². The standard InChI is InChI=1S/C24H28NO5/c1-16(24(25)27)12-18(11-10-17-8-6-5-7-9-17)13-20(26)19-14-21(28-2)23(30-4)22(15-19)29-3/h5-11,14-16H,12-13H2,1-4H3,(H2,25,27)/t16-/m0/s1. The van der Waals surface area contributed by atoms with Crippen LogP contribution in [-0.4, -0.2) is 33.0 Å². The Morgan fingerprint density at radius 1 is 1.00 bits per heavy atom. The van der Waals surface area contributed by atoms with Gasteiger partial charge in [0, 0.05) is 23.8 Å². The number of rotatable bonds is 11. The number of carbonyl (C=O) groups excluding carboxylic acids is 2. The lowest BCUT2D eigenvalue weighted by molar-refractivity contribution is -0.121. The van der Waals surface area contributed by atoms with Crippen LogP contribution in [0.25, 0.3) is 6.08 Å². The van der Waals surface area contributed by atoms with E-state index in [1.807, 2.05) is 42.5 Å². The van der Waals surface area contributed by atoms with E-state index in [0.717, 1.165) is 11.5 Å². The number of ketones is 1. The molecule has 0 unspecified atom stereocenters. The van der Waals surface area contributed by atoms with Crippen LogP contribution in [0.15, 0.2) is 48.5 Å². The van der Waals surface area contributed by atoms with Crippen LogP contribution in [0.4, 0.5) is 0 Å². The number of ether oxygens (including phenoxy) is 3. The number of methoxy groups -OCH3 is 3. The summed E-state index contributed by atoms with van der Waals surface area (Å²) in [6, 6.07) is 13.0. The lowest BCUT2D eigenvalue weighted by atomic mass is 9.88. The summed E-state index contributed by atoms with van der Waals surface area (Å²) >= 11 is 0. The molecule has 0 spiro atoms. The predicted octanol–water partition coefficient (Wildman–Crippen LogP) is 4.08. The molecule has 1 amide bonds. The van der Waals surface area contributed by atoms with Gasteiger partial charge in [0.25, 0.3) is 0 Å². The number of Topliss-reactive ketones (excluding diaryl/α,β-unsaturated/α-hetero) is 1. The van der Waals surface area contributed by atoms with E-state index >= 15 is 0 Å². The van der Waals surface area contributed by atoms with Crippen molar-refractivity contribution in [2.75, 3.05) is 21.3 Å². The Morgan fingerprint density at radius 3 is 2.10 bits per heavy atom. The highest BCUT2D eigenvalue weighted by Gasteiger charge is 2.22. The van der Waals surface area contributed by atoms with Crippen molar-refractivity contribution < 1.29 is 23.8 Å². The summed E-state index contributed by atoms with van der Waals surface area (Å²) < 4.78 is 16.0. The maximum Gasteiger partial charge on any atom is 0.220 e. The van der Waals surface area contributed by atoms with Crippen molar-refractivity contribution in [2.24, 2.45) is 11.7 Å². The summed E-state index contributed by atoms with van der Waals surface area (Å²) in [7, 11) is 4.51. The van der Waals surface area contributed by atoms with Gasteiger partial charge in [-0.3, -0.25) is 9.59 Å². The highest BCUT2D eigenvalue weighted by molar-refractivity contribution is 5.98. The van der Waals surface area contributed by atoms with Crippen LogP contribution in [-0.2, 0) is 4.79 Å². The maximum absolute atomic E-state index is 13.0. The number of primary amides is 1. The van der Waals surface area contributed by atoms with E-state index in [9.17, 15) is 9.59 Å². The molecule has 30 heavy (non-hydrogen) atoms. The van der Waals surface area contributed by atoms with Gasteiger partial charge in [-0.1, -0.05) is 49.4 Å². The first-order valence-corrected chi connectivity index (χ1v) is 9.60. The fourth-order valence-electron chi connectivity index (χ4n) is 3.02. The molecule has 6 nitrogen and oxygen atoms in total. The molecule has 0 aliphatic rings. The molecule has 0 saturated heterocycles. The molecule has 1 atom stereocenters. The highest BCUT2D eigenvalue weighted by atomic mass is 16.5. The average Bonchev–Trinajstić information content (AvgIpc) is 2.76. The Bertz CT molecular complexity index is 867. The first-order chi connectivity index (χ1) is 14.4.